The van der Waals surface area contributed by atoms with Crippen molar-refractivity contribution < 1.29 is 4.79 Å². The fourth-order valence-corrected chi connectivity index (χ4v) is 4.19. The van der Waals surface area contributed by atoms with E-state index in [0.29, 0.717) is 17.3 Å². The van der Waals surface area contributed by atoms with Crippen LogP contribution < -0.4 is 0 Å². The Hall–Kier alpha value is -2.38. The van der Waals surface area contributed by atoms with Gasteiger partial charge in [0.05, 0.1) is 16.4 Å². The standard InChI is InChI=1S/C21H27ClN6O/c1-26(2)21(29)20-18(28-11-14(22)9-10-19(28)23-20)13-27(3)12-17-15-7-5-4-6-8-16(15)24-25-17/h9-11H,4-8,12-13H2,1-3H3,(H,24,25). The van der Waals surface area contributed by atoms with Crippen LogP contribution >= 0.6 is 11.6 Å². The number of aromatic nitrogens is 4. The zero-order valence-electron chi connectivity index (χ0n) is 17.2. The average molecular weight is 415 g/mol. The van der Waals surface area contributed by atoms with Gasteiger partial charge in [-0.3, -0.25) is 14.8 Å². The highest BCUT2D eigenvalue weighted by atomic mass is 35.5. The van der Waals surface area contributed by atoms with Crippen molar-refractivity contribution in [3.05, 3.63) is 51.7 Å². The summed E-state index contributed by atoms with van der Waals surface area (Å²) >= 11 is 6.22. The van der Waals surface area contributed by atoms with E-state index in [1.165, 1.54) is 30.5 Å². The molecule has 7 nitrogen and oxygen atoms in total. The van der Waals surface area contributed by atoms with Crippen LogP contribution in [0.15, 0.2) is 18.3 Å². The Bertz CT molecular complexity index is 1040. The number of hydrogen-bond acceptors (Lipinski definition) is 4. The van der Waals surface area contributed by atoms with E-state index in [1.54, 1.807) is 25.1 Å². The van der Waals surface area contributed by atoms with E-state index in [1.807, 2.05) is 23.7 Å². The number of nitrogens with zero attached hydrogens (tertiary/aromatic N) is 5. The summed E-state index contributed by atoms with van der Waals surface area (Å²) in [4.78, 5) is 21.0. The zero-order valence-corrected chi connectivity index (χ0v) is 18.0. The van der Waals surface area contributed by atoms with Crippen molar-refractivity contribution in [2.45, 2.75) is 45.2 Å². The Morgan fingerprint density at radius 2 is 1.97 bits per heavy atom. The third-order valence-electron chi connectivity index (χ3n) is 5.52. The summed E-state index contributed by atoms with van der Waals surface area (Å²) in [6.07, 6.45) is 7.71. The minimum absolute atomic E-state index is 0.109. The van der Waals surface area contributed by atoms with Crippen molar-refractivity contribution in [1.82, 2.24) is 29.4 Å². The van der Waals surface area contributed by atoms with E-state index in [2.05, 4.69) is 20.1 Å². The van der Waals surface area contributed by atoms with Crippen LogP contribution in [-0.4, -0.2) is 56.4 Å². The largest absolute Gasteiger partial charge is 0.343 e. The van der Waals surface area contributed by atoms with E-state index < -0.39 is 0 Å². The third-order valence-corrected chi connectivity index (χ3v) is 5.75. The molecule has 0 bridgehead atoms. The van der Waals surface area contributed by atoms with Crippen molar-refractivity contribution in [2.24, 2.45) is 0 Å². The van der Waals surface area contributed by atoms with Gasteiger partial charge in [-0.15, -0.1) is 0 Å². The first-order valence-corrected chi connectivity index (χ1v) is 10.4. The molecular formula is C21H27ClN6O. The Kier molecular flexibility index (Phi) is 5.61. The van der Waals surface area contributed by atoms with Crippen molar-refractivity contribution in [3.63, 3.8) is 0 Å². The number of fused-ring (bicyclic) bond motifs is 2. The highest BCUT2D eigenvalue weighted by molar-refractivity contribution is 6.30. The molecule has 0 unspecified atom stereocenters. The van der Waals surface area contributed by atoms with Gasteiger partial charge in [0.15, 0.2) is 5.69 Å². The van der Waals surface area contributed by atoms with E-state index in [4.69, 9.17) is 11.6 Å². The SMILES string of the molecule is CN(Cc1n[nH]c2c1CCCCC2)Cc1c(C(=O)N(C)C)nc2ccc(Cl)cn12. The molecule has 3 heterocycles. The molecule has 0 radical (unpaired) electrons. The molecule has 0 atom stereocenters. The number of halogens is 1. The maximum atomic E-state index is 12.7. The number of pyridine rings is 1. The van der Waals surface area contributed by atoms with Gasteiger partial charge in [0, 0.05) is 39.1 Å². The van der Waals surface area contributed by atoms with Gasteiger partial charge in [-0.2, -0.15) is 5.10 Å². The van der Waals surface area contributed by atoms with Crippen LogP contribution in [0.2, 0.25) is 5.02 Å². The molecule has 0 spiro atoms. The monoisotopic (exact) mass is 414 g/mol. The molecule has 8 heteroatoms. The van der Waals surface area contributed by atoms with E-state index in [-0.39, 0.29) is 5.91 Å². The number of imidazole rings is 1. The van der Waals surface area contributed by atoms with Crippen LogP contribution in [0.5, 0.6) is 0 Å². The minimum Gasteiger partial charge on any atom is -0.343 e. The summed E-state index contributed by atoms with van der Waals surface area (Å²) in [6.45, 7) is 1.29. The third kappa shape index (κ3) is 4.02. The number of rotatable bonds is 5. The van der Waals surface area contributed by atoms with Gasteiger partial charge in [0.2, 0.25) is 0 Å². The molecule has 0 aromatic carbocycles. The van der Waals surface area contributed by atoms with Crippen molar-refractivity contribution >= 4 is 23.2 Å². The lowest BCUT2D eigenvalue weighted by molar-refractivity contribution is 0.0820. The molecule has 0 saturated carbocycles. The van der Waals surface area contributed by atoms with E-state index >= 15 is 0 Å². The molecule has 3 aromatic rings. The number of aromatic amines is 1. The molecule has 0 aliphatic heterocycles. The summed E-state index contributed by atoms with van der Waals surface area (Å²) in [5, 5.41) is 8.44. The normalized spacial score (nSPS) is 14.2. The van der Waals surface area contributed by atoms with Crippen LogP contribution in [0.3, 0.4) is 0 Å². The Labute approximate surface area is 175 Å². The Morgan fingerprint density at radius 3 is 2.76 bits per heavy atom. The lowest BCUT2D eigenvalue weighted by atomic mass is 10.1. The molecule has 1 N–H and O–H groups in total. The first kappa shape index (κ1) is 19.9. The minimum atomic E-state index is -0.109. The summed E-state index contributed by atoms with van der Waals surface area (Å²) < 4.78 is 1.92. The molecule has 3 aromatic heterocycles. The number of carbonyl (C=O) groups excluding carboxylic acids is 1. The van der Waals surface area contributed by atoms with Crippen LogP contribution in [0.25, 0.3) is 5.65 Å². The molecule has 154 valence electrons. The van der Waals surface area contributed by atoms with Crippen LogP contribution in [0.4, 0.5) is 0 Å². The predicted molar refractivity (Wildman–Crippen MR) is 113 cm³/mol. The van der Waals surface area contributed by atoms with Crippen molar-refractivity contribution in [2.75, 3.05) is 21.1 Å². The second-order valence-corrected chi connectivity index (χ2v) is 8.48. The second kappa shape index (κ2) is 8.16. The summed E-state index contributed by atoms with van der Waals surface area (Å²) in [5.74, 6) is -0.109. The number of amides is 1. The topological polar surface area (TPSA) is 69.5 Å². The lowest BCUT2D eigenvalue weighted by Gasteiger charge is -2.18. The van der Waals surface area contributed by atoms with Gasteiger partial charge < -0.3 is 9.30 Å². The molecule has 1 amide bonds. The number of hydrogen-bond donors (Lipinski definition) is 1. The van der Waals surface area contributed by atoms with Gasteiger partial charge in [0.25, 0.3) is 5.91 Å². The Balaban J connectivity index is 1.63. The highest BCUT2D eigenvalue weighted by Gasteiger charge is 2.23. The highest BCUT2D eigenvalue weighted by Crippen LogP contribution is 2.24. The van der Waals surface area contributed by atoms with Gasteiger partial charge in [-0.25, -0.2) is 4.98 Å². The quantitative estimate of drug-likeness (QED) is 0.650. The number of aryl methyl sites for hydroxylation is 1. The molecule has 1 aliphatic carbocycles. The van der Waals surface area contributed by atoms with E-state index in [9.17, 15) is 4.79 Å². The maximum Gasteiger partial charge on any atom is 0.273 e. The predicted octanol–water partition coefficient (Wildman–Crippen LogP) is 3.31. The molecular weight excluding hydrogens is 388 g/mol. The number of nitrogens with one attached hydrogen (secondary N) is 1. The maximum absolute atomic E-state index is 12.7. The van der Waals surface area contributed by atoms with Crippen molar-refractivity contribution in [1.29, 1.82) is 0 Å². The molecule has 0 fully saturated rings. The molecule has 29 heavy (non-hydrogen) atoms. The second-order valence-electron chi connectivity index (χ2n) is 8.04. The number of H-pyrrole nitrogens is 1. The molecule has 0 saturated heterocycles. The zero-order chi connectivity index (χ0) is 20.5. The molecule has 4 rings (SSSR count). The van der Waals surface area contributed by atoms with Crippen LogP contribution in [0.1, 0.15) is 52.4 Å². The van der Waals surface area contributed by atoms with Gasteiger partial charge in [-0.1, -0.05) is 18.0 Å². The lowest BCUT2D eigenvalue weighted by Crippen LogP contribution is -2.26. The summed E-state index contributed by atoms with van der Waals surface area (Å²) in [6, 6.07) is 3.63. The fraction of sp³-hybridized carbons (Fsp3) is 0.476. The van der Waals surface area contributed by atoms with Gasteiger partial charge in [-0.05, 0) is 50.4 Å². The average Bonchev–Trinajstić information content (AvgIpc) is 3.12. The summed E-state index contributed by atoms with van der Waals surface area (Å²) in [5.41, 5.74) is 5.79. The number of carbonyl (C=O) groups is 1. The smallest absolute Gasteiger partial charge is 0.273 e. The first-order valence-electron chi connectivity index (χ1n) is 10.1. The first-order chi connectivity index (χ1) is 13.9. The van der Waals surface area contributed by atoms with Gasteiger partial charge in [0.1, 0.15) is 5.65 Å². The Morgan fingerprint density at radius 1 is 1.17 bits per heavy atom. The summed E-state index contributed by atoms with van der Waals surface area (Å²) in [7, 11) is 5.53. The van der Waals surface area contributed by atoms with Crippen LogP contribution in [-0.2, 0) is 25.9 Å². The molecule has 1 aliphatic rings. The fourth-order valence-electron chi connectivity index (χ4n) is 4.03. The van der Waals surface area contributed by atoms with E-state index in [0.717, 1.165) is 36.4 Å². The van der Waals surface area contributed by atoms with Crippen molar-refractivity contribution in [3.8, 4) is 0 Å². The van der Waals surface area contributed by atoms with Gasteiger partial charge >= 0.3 is 0 Å². The van der Waals surface area contributed by atoms with Crippen LogP contribution in [0, 0.1) is 0 Å².